The maximum atomic E-state index is 13.2. The predicted molar refractivity (Wildman–Crippen MR) is 95.1 cm³/mol. The summed E-state index contributed by atoms with van der Waals surface area (Å²) in [4.78, 5) is 17.1. The van der Waals surface area contributed by atoms with Crippen LogP contribution in [0.2, 0.25) is 0 Å². The van der Waals surface area contributed by atoms with Crippen LogP contribution < -0.4 is 10.2 Å². The molecule has 0 saturated carbocycles. The van der Waals surface area contributed by atoms with E-state index in [-0.39, 0.29) is 11.7 Å². The number of benzene rings is 2. The standard InChI is InChI=1S/C19H23N3O2/c1-21(16-5-3-2-4-6-16)18(15-7-9-17(23)10-8-15)19(24)22-13-11-20-12-14-22/h2-10,18,20,23H,11-14H2,1H3. The van der Waals surface area contributed by atoms with E-state index in [1.807, 2.05) is 59.3 Å². The fourth-order valence-corrected chi connectivity index (χ4v) is 3.06. The number of aromatic hydroxyl groups is 1. The number of nitrogens with one attached hydrogen (secondary N) is 1. The molecule has 0 spiro atoms. The molecule has 1 amide bonds. The smallest absolute Gasteiger partial charge is 0.250 e. The van der Waals surface area contributed by atoms with E-state index in [9.17, 15) is 9.90 Å². The number of carbonyl (C=O) groups is 1. The molecule has 0 aliphatic carbocycles. The van der Waals surface area contributed by atoms with E-state index < -0.39 is 6.04 Å². The van der Waals surface area contributed by atoms with Gasteiger partial charge in [0.05, 0.1) is 0 Å². The Hall–Kier alpha value is -2.53. The quantitative estimate of drug-likeness (QED) is 0.903. The molecule has 5 nitrogen and oxygen atoms in total. The number of phenolic OH excluding ortho intramolecular Hbond substituents is 1. The number of para-hydroxylation sites is 1. The maximum absolute atomic E-state index is 13.2. The molecule has 1 unspecified atom stereocenters. The monoisotopic (exact) mass is 325 g/mol. The van der Waals surface area contributed by atoms with Crippen LogP contribution in [-0.2, 0) is 4.79 Å². The van der Waals surface area contributed by atoms with Gasteiger partial charge in [-0.1, -0.05) is 30.3 Å². The lowest BCUT2D eigenvalue weighted by Gasteiger charge is -2.36. The highest BCUT2D eigenvalue weighted by atomic mass is 16.3. The third-order valence-corrected chi connectivity index (χ3v) is 4.42. The van der Waals surface area contributed by atoms with Crippen molar-refractivity contribution in [2.75, 3.05) is 38.1 Å². The van der Waals surface area contributed by atoms with E-state index in [1.54, 1.807) is 12.1 Å². The highest BCUT2D eigenvalue weighted by Crippen LogP contribution is 2.28. The zero-order valence-corrected chi connectivity index (χ0v) is 13.9. The number of anilines is 1. The Morgan fingerprint density at radius 3 is 2.33 bits per heavy atom. The van der Waals surface area contributed by atoms with Crippen molar-refractivity contribution >= 4 is 11.6 Å². The number of amides is 1. The molecule has 1 fully saturated rings. The molecule has 0 bridgehead atoms. The molecule has 0 aromatic heterocycles. The molecule has 126 valence electrons. The van der Waals surface area contributed by atoms with Crippen LogP contribution >= 0.6 is 0 Å². The number of hydrogen-bond donors (Lipinski definition) is 2. The molecule has 5 heteroatoms. The molecule has 1 heterocycles. The molecule has 0 radical (unpaired) electrons. The van der Waals surface area contributed by atoms with Gasteiger partial charge in [-0.3, -0.25) is 4.79 Å². The van der Waals surface area contributed by atoms with Gasteiger partial charge in [0.1, 0.15) is 11.8 Å². The molecular weight excluding hydrogens is 302 g/mol. The van der Waals surface area contributed by atoms with E-state index >= 15 is 0 Å². The minimum absolute atomic E-state index is 0.0912. The third-order valence-electron chi connectivity index (χ3n) is 4.42. The molecule has 1 saturated heterocycles. The Kier molecular flexibility index (Phi) is 5.01. The first-order valence-corrected chi connectivity index (χ1v) is 8.23. The number of carbonyl (C=O) groups excluding carboxylic acids is 1. The Balaban J connectivity index is 1.93. The Labute approximate surface area is 142 Å². The first kappa shape index (κ1) is 16.3. The van der Waals surface area contributed by atoms with Crippen LogP contribution in [0, 0.1) is 0 Å². The molecule has 24 heavy (non-hydrogen) atoms. The molecule has 1 aliphatic heterocycles. The van der Waals surface area contributed by atoms with E-state index in [1.165, 1.54) is 0 Å². The summed E-state index contributed by atoms with van der Waals surface area (Å²) in [5.41, 5.74) is 1.86. The summed E-state index contributed by atoms with van der Waals surface area (Å²) in [6.07, 6.45) is 0. The minimum atomic E-state index is -0.411. The Morgan fingerprint density at radius 2 is 1.71 bits per heavy atom. The number of likely N-dealkylation sites (N-methyl/N-ethyl adjacent to an activating group) is 1. The van der Waals surface area contributed by atoms with Crippen molar-refractivity contribution in [3.05, 3.63) is 60.2 Å². The largest absolute Gasteiger partial charge is 0.508 e. The first-order chi connectivity index (χ1) is 11.7. The summed E-state index contributed by atoms with van der Waals surface area (Å²) in [7, 11) is 1.94. The van der Waals surface area contributed by atoms with Crippen LogP contribution in [0.5, 0.6) is 5.75 Å². The van der Waals surface area contributed by atoms with Gasteiger partial charge in [0.15, 0.2) is 0 Å². The number of nitrogens with zero attached hydrogens (tertiary/aromatic N) is 2. The fourth-order valence-electron chi connectivity index (χ4n) is 3.06. The zero-order chi connectivity index (χ0) is 16.9. The van der Waals surface area contributed by atoms with Crippen molar-refractivity contribution in [3.63, 3.8) is 0 Å². The minimum Gasteiger partial charge on any atom is -0.508 e. The molecule has 1 aliphatic rings. The van der Waals surface area contributed by atoms with Gasteiger partial charge in [-0.2, -0.15) is 0 Å². The molecule has 1 atom stereocenters. The van der Waals surface area contributed by atoms with Crippen LogP contribution in [-0.4, -0.2) is 49.1 Å². The lowest BCUT2D eigenvalue weighted by atomic mass is 10.0. The van der Waals surface area contributed by atoms with Gasteiger partial charge in [0, 0.05) is 38.9 Å². The highest BCUT2D eigenvalue weighted by Gasteiger charge is 2.30. The average molecular weight is 325 g/mol. The summed E-state index contributed by atoms with van der Waals surface area (Å²) < 4.78 is 0. The predicted octanol–water partition coefficient (Wildman–Crippen LogP) is 2.00. The van der Waals surface area contributed by atoms with Crippen LogP contribution in [0.4, 0.5) is 5.69 Å². The van der Waals surface area contributed by atoms with E-state index in [2.05, 4.69) is 5.32 Å². The molecule has 3 rings (SSSR count). The van der Waals surface area contributed by atoms with Crippen molar-refractivity contribution in [1.82, 2.24) is 10.2 Å². The summed E-state index contributed by atoms with van der Waals surface area (Å²) in [6.45, 7) is 3.08. The lowest BCUT2D eigenvalue weighted by molar-refractivity contribution is -0.133. The van der Waals surface area contributed by atoms with Crippen molar-refractivity contribution in [3.8, 4) is 5.75 Å². The normalized spacial score (nSPS) is 15.8. The van der Waals surface area contributed by atoms with Gasteiger partial charge >= 0.3 is 0 Å². The van der Waals surface area contributed by atoms with Gasteiger partial charge < -0.3 is 20.2 Å². The van der Waals surface area contributed by atoms with Crippen molar-refractivity contribution in [1.29, 1.82) is 0 Å². The topological polar surface area (TPSA) is 55.8 Å². The maximum Gasteiger partial charge on any atom is 0.250 e. The average Bonchev–Trinajstić information content (AvgIpc) is 2.64. The van der Waals surface area contributed by atoms with Crippen LogP contribution in [0.15, 0.2) is 54.6 Å². The highest BCUT2D eigenvalue weighted by molar-refractivity contribution is 5.86. The van der Waals surface area contributed by atoms with Gasteiger partial charge in [0.2, 0.25) is 5.91 Å². The molecule has 2 aromatic carbocycles. The molecular formula is C19H23N3O2. The Morgan fingerprint density at radius 1 is 1.08 bits per heavy atom. The van der Waals surface area contributed by atoms with E-state index in [4.69, 9.17) is 0 Å². The first-order valence-electron chi connectivity index (χ1n) is 8.23. The SMILES string of the molecule is CN(c1ccccc1)C(C(=O)N1CCNCC1)c1ccc(O)cc1. The number of hydrogen-bond acceptors (Lipinski definition) is 4. The Bertz CT molecular complexity index is 667. The third kappa shape index (κ3) is 3.51. The summed E-state index contributed by atoms with van der Waals surface area (Å²) >= 11 is 0. The van der Waals surface area contributed by atoms with Crippen LogP contribution in [0.1, 0.15) is 11.6 Å². The van der Waals surface area contributed by atoms with Crippen LogP contribution in [0.25, 0.3) is 0 Å². The lowest BCUT2D eigenvalue weighted by Crippen LogP contribution is -2.50. The number of rotatable bonds is 4. The summed E-state index contributed by atoms with van der Waals surface area (Å²) in [5, 5.41) is 12.8. The van der Waals surface area contributed by atoms with Gasteiger partial charge in [-0.15, -0.1) is 0 Å². The number of phenols is 1. The zero-order valence-electron chi connectivity index (χ0n) is 13.9. The van der Waals surface area contributed by atoms with Gasteiger partial charge in [-0.05, 0) is 29.8 Å². The van der Waals surface area contributed by atoms with Crippen molar-refractivity contribution < 1.29 is 9.90 Å². The second-order valence-electron chi connectivity index (χ2n) is 6.02. The second kappa shape index (κ2) is 7.36. The van der Waals surface area contributed by atoms with Gasteiger partial charge in [-0.25, -0.2) is 0 Å². The molecule has 2 aromatic rings. The van der Waals surface area contributed by atoms with Crippen molar-refractivity contribution in [2.45, 2.75) is 6.04 Å². The van der Waals surface area contributed by atoms with E-state index in [0.717, 1.165) is 37.4 Å². The second-order valence-corrected chi connectivity index (χ2v) is 6.02. The summed E-state index contributed by atoms with van der Waals surface area (Å²) in [6, 6.07) is 16.4. The van der Waals surface area contributed by atoms with Gasteiger partial charge in [0.25, 0.3) is 0 Å². The van der Waals surface area contributed by atoms with Crippen LogP contribution in [0.3, 0.4) is 0 Å². The van der Waals surface area contributed by atoms with Crippen molar-refractivity contribution in [2.24, 2.45) is 0 Å². The summed E-state index contributed by atoms with van der Waals surface area (Å²) in [5.74, 6) is 0.294. The number of piperazine rings is 1. The fraction of sp³-hybridized carbons (Fsp3) is 0.316. The van der Waals surface area contributed by atoms with E-state index in [0.29, 0.717) is 0 Å². The molecule has 2 N–H and O–H groups in total.